The smallest absolute Gasteiger partial charge is 0.177 e. The molecule has 1 aromatic carbocycles. The molecule has 0 aromatic heterocycles. The van der Waals surface area contributed by atoms with Gasteiger partial charge in [0.2, 0.25) is 0 Å². The first-order valence-corrected chi connectivity index (χ1v) is 6.75. The van der Waals surface area contributed by atoms with Crippen molar-refractivity contribution < 1.29 is 14.2 Å². The van der Waals surface area contributed by atoms with Crippen LogP contribution in [0, 0.1) is 6.92 Å². The minimum absolute atomic E-state index is 0.323. The van der Waals surface area contributed by atoms with Gasteiger partial charge in [0, 0.05) is 13.2 Å². The lowest BCUT2D eigenvalue weighted by molar-refractivity contribution is -0.103. The predicted octanol–water partition coefficient (Wildman–Crippen LogP) is 4.07. The lowest BCUT2D eigenvalue weighted by Crippen LogP contribution is -2.13. The highest BCUT2D eigenvalue weighted by molar-refractivity contribution is 6.32. The van der Waals surface area contributed by atoms with Crippen molar-refractivity contribution in [3.63, 3.8) is 0 Å². The summed E-state index contributed by atoms with van der Waals surface area (Å²) in [5.41, 5.74) is 1.99. The van der Waals surface area contributed by atoms with Gasteiger partial charge in [-0.2, -0.15) is 0 Å². The molecule has 0 aliphatic carbocycles. The van der Waals surface area contributed by atoms with E-state index in [1.165, 1.54) is 0 Å². The Balaban J connectivity index is 2.86. The van der Waals surface area contributed by atoms with E-state index in [2.05, 4.69) is 0 Å². The molecule has 0 radical (unpaired) electrons. The lowest BCUT2D eigenvalue weighted by Gasteiger charge is -2.13. The van der Waals surface area contributed by atoms with Crippen LogP contribution >= 0.6 is 11.6 Å². The summed E-state index contributed by atoms with van der Waals surface area (Å²) in [5.74, 6) is 0.713. The van der Waals surface area contributed by atoms with Crippen molar-refractivity contribution in [3.8, 4) is 5.75 Å². The summed E-state index contributed by atoms with van der Waals surface area (Å²) in [6.07, 6.45) is 3.50. The van der Waals surface area contributed by atoms with Gasteiger partial charge in [-0.15, -0.1) is 0 Å². The molecular weight excluding hydrogens is 264 g/mol. The van der Waals surface area contributed by atoms with Crippen LogP contribution in [0.25, 0.3) is 6.08 Å². The van der Waals surface area contributed by atoms with Gasteiger partial charge in [-0.3, -0.25) is 0 Å². The van der Waals surface area contributed by atoms with E-state index in [0.717, 1.165) is 11.1 Å². The van der Waals surface area contributed by atoms with Crippen LogP contribution < -0.4 is 4.74 Å². The minimum Gasteiger partial charge on any atom is -0.495 e. The fraction of sp³-hybridized carbons (Fsp3) is 0.467. The van der Waals surface area contributed by atoms with E-state index in [-0.39, 0.29) is 6.29 Å². The molecule has 106 valence electrons. The monoisotopic (exact) mass is 284 g/mol. The average Bonchev–Trinajstić information content (AvgIpc) is 2.36. The minimum atomic E-state index is -0.323. The first-order chi connectivity index (χ1) is 9.12. The van der Waals surface area contributed by atoms with Gasteiger partial charge in [-0.05, 0) is 50.1 Å². The molecule has 0 saturated carbocycles. The molecule has 1 aromatic rings. The van der Waals surface area contributed by atoms with Crippen LogP contribution in [0.2, 0.25) is 5.02 Å². The molecule has 0 fully saturated rings. The summed E-state index contributed by atoms with van der Waals surface area (Å²) >= 11 is 6.15. The third-order valence-electron chi connectivity index (χ3n) is 2.56. The zero-order chi connectivity index (χ0) is 14.3. The second-order valence-electron chi connectivity index (χ2n) is 3.99. The molecule has 1 rings (SSSR count). The van der Waals surface area contributed by atoms with Crippen LogP contribution in [-0.4, -0.2) is 26.6 Å². The van der Waals surface area contributed by atoms with Gasteiger partial charge in [0.1, 0.15) is 5.75 Å². The van der Waals surface area contributed by atoms with E-state index in [1.807, 2.05) is 45.1 Å². The van der Waals surface area contributed by atoms with E-state index in [9.17, 15) is 0 Å². The van der Waals surface area contributed by atoms with Crippen molar-refractivity contribution in [2.75, 3.05) is 20.3 Å². The van der Waals surface area contributed by atoms with Gasteiger partial charge in [-0.1, -0.05) is 17.7 Å². The van der Waals surface area contributed by atoms with Gasteiger partial charge in [0.05, 0.1) is 12.1 Å². The second kappa shape index (κ2) is 8.20. The lowest BCUT2D eigenvalue weighted by atomic mass is 10.1. The number of rotatable bonds is 7. The van der Waals surface area contributed by atoms with Crippen molar-refractivity contribution in [1.29, 1.82) is 0 Å². The van der Waals surface area contributed by atoms with E-state index in [0.29, 0.717) is 24.0 Å². The number of ether oxygens (including phenoxy) is 3. The van der Waals surface area contributed by atoms with Crippen LogP contribution in [0.5, 0.6) is 5.75 Å². The quantitative estimate of drug-likeness (QED) is 0.707. The first-order valence-electron chi connectivity index (χ1n) is 6.37. The van der Waals surface area contributed by atoms with Crippen molar-refractivity contribution in [2.45, 2.75) is 27.1 Å². The van der Waals surface area contributed by atoms with Crippen molar-refractivity contribution in [1.82, 2.24) is 0 Å². The number of methoxy groups -OCH3 is 1. The Morgan fingerprint density at radius 3 is 2.32 bits per heavy atom. The second-order valence-corrected chi connectivity index (χ2v) is 4.40. The topological polar surface area (TPSA) is 27.7 Å². The Hall–Kier alpha value is -1.03. The molecule has 0 aliphatic heterocycles. The number of halogens is 1. The molecule has 4 heteroatoms. The fourth-order valence-electron chi connectivity index (χ4n) is 1.79. The molecule has 3 nitrogen and oxygen atoms in total. The molecule has 0 amide bonds. The fourth-order valence-corrected chi connectivity index (χ4v) is 2.14. The molecule has 0 unspecified atom stereocenters. The zero-order valence-electron chi connectivity index (χ0n) is 11.9. The number of benzene rings is 1. The Labute approximate surface area is 120 Å². The first kappa shape index (κ1) is 16.0. The Kier molecular flexibility index (Phi) is 6.92. The maximum Gasteiger partial charge on any atom is 0.177 e. The normalized spacial score (nSPS) is 11.5. The average molecular weight is 285 g/mol. The molecule has 0 aliphatic rings. The number of hydrogen-bond acceptors (Lipinski definition) is 3. The van der Waals surface area contributed by atoms with Crippen LogP contribution in [0.1, 0.15) is 25.0 Å². The van der Waals surface area contributed by atoms with Gasteiger partial charge < -0.3 is 14.2 Å². The SMILES string of the molecule is CCOC(/C=C/c1cc(C)c(OC)c(Cl)c1)OCC. The highest BCUT2D eigenvalue weighted by atomic mass is 35.5. The predicted molar refractivity (Wildman–Crippen MR) is 78.8 cm³/mol. The summed E-state index contributed by atoms with van der Waals surface area (Å²) in [6, 6.07) is 3.87. The summed E-state index contributed by atoms with van der Waals surface area (Å²) < 4.78 is 16.1. The number of hydrogen-bond donors (Lipinski definition) is 0. The highest BCUT2D eigenvalue weighted by Gasteiger charge is 2.06. The Morgan fingerprint density at radius 2 is 1.84 bits per heavy atom. The van der Waals surface area contributed by atoms with Crippen LogP contribution in [0.15, 0.2) is 18.2 Å². The molecule has 0 heterocycles. The van der Waals surface area contributed by atoms with Gasteiger partial charge >= 0.3 is 0 Å². The standard InChI is InChI=1S/C15H21ClO3/c1-5-18-14(19-6-2)8-7-12-9-11(3)15(17-4)13(16)10-12/h7-10,14H,5-6H2,1-4H3/b8-7+. The summed E-state index contributed by atoms with van der Waals surface area (Å²) in [6.45, 7) is 7.06. The van der Waals surface area contributed by atoms with Crippen LogP contribution in [0.4, 0.5) is 0 Å². The molecule has 0 saturated heterocycles. The maximum absolute atomic E-state index is 6.15. The number of aryl methyl sites for hydroxylation is 1. The van der Waals surface area contributed by atoms with Crippen molar-refractivity contribution >= 4 is 17.7 Å². The summed E-state index contributed by atoms with van der Waals surface area (Å²) in [7, 11) is 1.62. The van der Waals surface area contributed by atoms with Gasteiger partial charge in [-0.25, -0.2) is 0 Å². The molecule has 0 N–H and O–H groups in total. The molecular formula is C15H21ClO3. The van der Waals surface area contributed by atoms with Gasteiger partial charge in [0.15, 0.2) is 6.29 Å². The van der Waals surface area contributed by atoms with Crippen LogP contribution in [0.3, 0.4) is 0 Å². The van der Waals surface area contributed by atoms with Crippen molar-refractivity contribution in [3.05, 3.63) is 34.4 Å². The largest absolute Gasteiger partial charge is 0.495 e. The third kappa shape index (κ3) is 4.86. The zero-order valence-corrected chi connectivity index (χ0v) is 12.7. The highest BCUT2D eigenvalue weighted by Crippen LogP contribution is 2.30. The summed E-state index contributed by atoms with van der Waals surface area (Å²) in [5, 5.41) is 0.603. The third-order valence-corrected chi connectivity index (χ3v) is 2.84. The Morgan fingerprint density at radius 1 is 1.21 bits per heavy atom. The van der Waals surface area contributed by atoms with E-state index in [4.69, 9.17) is 25.8 Å². The van der Waals surface area contributed by atoms with E-state index < -0.39 is 0 Å². The maximum atomic E-state index is 6.15. The molecule has 19 heavy (non-hydrogen) atoms. The van der Waals surface area contributed by atoms with Gasteiger partial charge in [0.25, 0.3) is 0 Å². The summed E-state index contributed by atoms with van der Waals surface area (Å²) in [4.78, 5) is 0. The molecule has 0 atom stereocenters. The molecule has 0 spiro atoms. The molecule has 0 bridgehead atoms. The Bertz CT molecular complexity index is 400. The van der Waals surface area contributed by atoms with Crippen LogP contribution in [-0.2, 0) is 9.47 Å². The van der Waals surface area contributed by atoms with E-state index in [1.54, 1.807) is 7.11 Å². The van der Waals surface area contributed by atoms with E-state index >= 15 is 0 Å². The van der Waals surface area contributed by atoms with Crippen molar-refractivity contribution in [2.24, 2.45) is 0 Å².